The quantitative estimate of drug-likeness (QED) is 0.390. The topological polar surface area (TPSA) is 72.5 Å². The van der Waals surface area contributed by atoms with Gasteiger partial charge in [0.2, 0.25) is 10.0 Å². The van der Waals surface area contributed by atoms with Gasteiger partial charge in [-0.05, 0) is 56.4 Å². The first-order valence-corrected chi connectivity index (χ1v) is 10.5. The summed E-state index contributed by atoms with van der Waals surface area (Å²) in [6, 6.07) is 4.03. The number of carbonyl (C=O) groups excluding carboxylic acids is 1. The third kappa shape index (κ3) is 6.39. The molecule has 0 aromatic heterocycles. The number of methoxy groups -OCH3 is 1. The van der Waals surface area contributed by atoms with Crippen molar-refractivity contribution in [1.29, 1.82) is 0 Å². The van der Waals surface area contributed by atoms with Gasteiger partial charge in [0.15, 0.2) is 0 Å². The van der Waals surface area contributed by atoms with Gasteiger partial charge in [0.05, 0.1) is 12.0 Å². The molecular weight excluding hydrogens is 376 g/mol. The first-order chi connectivity index (χ1) is 12.8. The molecule has 3 unspecified atom stereocenters. The number of ether oxygens (including phenoxy) is 1. The average Bonchev–Trinajstić information content (AvgIpc) is 2.97. The minimum Gasteiger partial charge on any atom is -0.469 e. The predicted molar refractivity (Wildman–Crippen MR) is 97.8 cm³/mol. The van der Waals surface area contributed by atoms with Crippen LogP contribution in [0.1, 0.15) is 38.5 Å². The normalized spacial score (nSPS) is 23.0. The number of esters is 1. The molecule has 5 nitrogen and oxygen atoms in total. The molecule has 0 heterocycles. The molecule has 1 aliphatic carbocycles. The van der Waals surface area contributed by atoms with Crippen LogP contribution in [0.5, 0.6) is 0 Å². The molecule has 1 fully saturated rings. The summed E-state index contributed by atoms with van der Waals surface area (Å²) in [5, 5.41) is 0. The van der Waals surface area contributed by atoms with Crippen LogP contribution in [0.3, 0.4) is 0 Å². The molecule has 1 N–H and O–H groups in total. The van der Waals surface area contributed by atoms with Crippen LogP contribution in [-0.4, -0.2) is 33.7 Å². The van der Waals surface area contributed by atoms with E-state index >= 15 is 0 Å². The highest BCUT2D eigenvalue weighted by Gasteiger charge is 2.37. The van der Waals surface area contributed by atoms with Crippen molar-refractivity contribution in [3.05, 3.63) is 42.2 Å². The van der Waals surface area contributed by atoms with Gasteiger partial charge in [0, 0.05) is 18.4 Å². The van der Waals surface area contributed by atoms with Gasteiger partial charge in [0.25, 0.3) is 0 Å². The molecule has 1 aliphatic rings. The minimum atomic E-state index is -3.83. The summed E-state index contributed by atoms with van der Waals surface area (Å²) >= 11 is 0. The molecule has 3 atom stereocenters. The lowest BCUT2D eigenvalue weighted by Gasteiger charge is -2.21. The third-order valence-electron chi connectivity index (χ3n) is 4.72. The second-order valence-electron chi connectivity index (χ2n) is 6.61. The van der Waals surface area contributed by atoms with Crippen LogP contribution < -0.4 is 4.72 Å². The molecule has 0 spiro atoms. The second-order valence-corrected chi connectivity index (χ2v) is 8.33. The number of sulfonamides is 1. The standard InChI is InChI=1S/C19H25F2NO4S/c1-26-19(23)7-5-3-2-4-6-16-17(21)12-13-18(16)22-27(24,25)15-10-8-14(20)9-11-15/h2,4,8-11,16-18,22H,3,5-7,12-13H2,1H3/b4-2-. The highest BCUT2D eigenvalue weighted by atomic mass is 32.2. The summed E-state index contributed by atoms with van der Waals surface area (Å²) in [6.45, 7) is 0. The molecule has 0 radical (unpaired) electrons. The summed E-state index contributed by atoms with van der Waals surface area (Å²) in [6.07, 6.45) is 5.41. The molecule has 1 aromatic rings. The van der Waals surface area contributed by atoms with Crippen molar-refractivity contribution in [2.75, 3.05) is 7.11 Å². The smallest absolute Gasteiger partial charge is 0.305 e. The Hall–Kier alpha value is -1.80. The van der Waals surface area contributed by atoms with Crippen molar-refractivity contribution in [3.8, 4) is 0 Å². The van der Waals surface area contributed by atoms with Crippen LogP contribution in [-0.2, 0) is 19.6 Å². The van der Waals surface area contributed by atoms with E-state index in [2.05, 4.69) is 9.46 Å². The van der Waals surface area contributed by atoms with Crippen LogP contribution in [0.15, 0.2) is 41.3 Å². The number of alkyl halides is 1. The Labute approximate surface area is 158 Å². The number of hydrogen-bond acceptors (Lipinski definition) is 4. The van der Waals surface area contributed by atoms with Crippen LogP contribution >= 0.6 is 0 Å². The van der Waals surface area contributed by atoms with Crippen molar-refractivity contribution < 1.29 is 26.7 Å². The molecular formula is C19H25F2NO4S. The van der Waals surface area contributed by atoms with Crippen molar-refractivity contribution in [2.24, 2.45) is 5.92 Å². The fourth-order valence-corrected chi connectivity index (χ4v) is 4.52. The molecule has 0 amide bonds. The maximum atomic E-state index is 14.2. The van der Waals surface area contributed by atoms with E-state index in [1.807, 2.05) is 12.2 Å². The van der Waals surface area contributed by atoms with Crippen LogP contribution in [0.25, 0.3) is 0 Å². The molecule has 1 aromatic carbocycles. The van der Waals surface area contributed by atoms with Crippen molar-refractivity contribution in [1.82, 2.24) is 4.72 Å². The summed E-state index contributed by atoms with van der Waals surface area (Å²) < 4.78 is 59.2. The number of rotatable bonds is 9. The van der Waals surface area contributed by atoms with Crippen LogP contribution in [0, 0.1) is 11.7 Å². The van der Waals surface area contributed by atoms with Gasteiger partial charge in [-0.15, -0.1) is 0 Å². The minimum absolute atomic E-state index is 0.0386. The Morgan fingerprint density at radius 2 is 1.96 bits per heavy atom. The summed E-state index contributed by atoms with van der Waals surface area (Å²) in [5.41, 5.74) is 0. The van der Waals surface area contributed by atoms with Crippen LogP contribution in [0.4, 0.5) is 8.78 Å². The lowest BCUT2D eigenvalue weighted by molar-refractivity contribution is -0.140. The number of hydrogen-bond donors (Lipinski definition) is 1. The summed E-state index contributed by atoms with van der Waals surface area (Å²) in [7, 11) is -2.49. The zero-order valence-electron chi connectivity index (χ0n) is 15.2. The largest absolute Gasteiger partial charge is 0.469 e. The van der Waals surface area contributed by atoms with E-state index in [0.717, 1.165) is 12.1 Å². The third-order valence-corrected chi connectivity index (χ3v) is 6.23. The molecule has 8 heteroatoms. The monoisotopic (exact) mass is 401 g/mol. The number of halogens is 2. The Kier molecular flexibility index (Phi) is 7.91. The number of nitrogens with one attached hydrogen (secondary N) is 1. The Morgan fingerprint density at radius 3 is 2.63 bits per heavy atom. The Bertz CT molecular complexity index is 749. The van der Waals surface area contributed by atoms with Gasteiger partial charge in [0.1, 0.15) is 12.0 Å². The Balaban J connectivity index is 1.90. The molecule has 0 saturated heterocycles. The van der Waals surface area contributed by atoms with E-state index in [9.17, 15) is 22.0 Å². The molecule has 2 rings (SSSR count). The number of benzene rings is 1. The lowest BCUT2D eigenvalue weighted by atomic mass is 9.98. The fraction of sp³-hybridized carbons (Fsp3) is 0.526. The predicted octanol–water partition coefficient (Wildman–Crippen LogP) is 3.51. The summed E-state index contributed by atoms with van der Waals surface area (Å²) in [5.74, 6) is -1.23. The van der Waals surface area contributed by atoms with E-state index in [4.69, 9.17) is 0 Å². The zero-order valence-corrected chi connectivity index (χ0v) is 16.1. The SMILES string of the molecule is COC(=O)CCC/C=C\CC1C(F)CCC1NS(=O)(=O)c1ccc(F)cc1. The fourth-order valence-electron chi connectivity index (χ4n) is 3.20. The first kappa shape index (κ1) is 21.5. The van der Waals surface area contributed by atoms with Crippen molar-refractivity contribution in [2.45, 2.75) is 55.6 Å². The van der Waals surface area contributed by atoms with Crippen LogP contribution in [0.2, 0.25) is 0 Å². The van der Waals surface area contributed by atoms with E-state index in [-0.39, 0.29) is 10.9 Å². The van der Waals surface area contributed by atoms with E-state index < -0.39 is 34.0 Å². The molecule has 0 aliphatic heterocycles. The maximum Gasteiger partial charge on any atom is 0.305 e. The lowest BCUT2D eigenvalue weighted by Crippen LogP contribution is -2.38. The average molecular weight is 401 g/mol. The van der Waals surface area contributed by atoms with E-state index in [1.54, 1.807) is 0 Å². The molecule has 1 saturated carbocycles. The van der Waals surface area contributed by atoms with Gasteiger partial charge in [-0.3, -0.25) is 4.79 Å². The van der Waals surface area contributed by atoms with Crippen molar-refractivity contribution in [3.63, 3.8) is 0 Å². The molecule has 150 valence electrons. The maximum absolute atomic E-state index is 14.2. The van der Waals surface area contributed by atoms with Crippen molar-refractivity contribution >= 4 is 16.0 Å². The second kappa shape index (κ2) is 9.94. The number of unbranched alkanes of at least 4 members (excludes halogenated alkanes) is 1. The van der Waals surface area contributed by atoms with Gasteiger partial charge in [-0.1, -0.05) is 12.2 Å². The Morgan fingerprint density at radius 1 is 1.26 bits per heavy atom. The summed E-state index contributed by atoms with van der Waals surface area (Å²) in [4.78, 5) is 11.0. The van der Waals surface area contributed by atoms with E-state index in [1.165, 1.54) is 19.2 Å². The van der Waals surface area contributed by atoms with Gasteiger partial charge >= 0.3 is 5.97 Å². The van der Waals surface area contributed by atoms with Gasteiger partial charge in [-0.2, -0.15) is 0 Å². The van der Waals surface area contributed by atoms with E-state index in [0.29, 0.717) is 38.5 Å². The van der Waals surface area contributed by atoms with Gasteiger partial charge in [-0.25, -0.2) is 21.9 Å². The zero-order chi connectivity index (χ0) is 19.9. The number of carbonyl (C=O) groups is 1. The molecule has 0 bridgehead atoms. The highest BCUT2D eigenvalue weighted by molar-refractivity contribution is 7.89. The first-order valence-electron chi connectivity index (χ1n) is 8.97. The van der Waals surface area contributed by atoms with Gasteiger partial charge < -0.3 is 4.74 Å². The number of allylic oxidation sites excluding steroid dienone is 2. The highest BCUT2D eigenvalue weighted by Crippen LogP contribution is 2.33. The molecule has 27 heavy (non-hydrogen) atoms.